The largest absolute Gasteiger partial charge is 0.487 e. The van der Waals surface area contributed by atoms with Crippen LogP contribution in [-0.2, 0) is 0 Å². The molecule has 172 valence electrons. The molecule has 0 spiro atoms. The number of carbonyl (C=O) groups is 1. The van der Waals surface area contributed by atoms with E-state index in [1.165, 1.54) is 23.5 Å². The highest BCUT2D eigenvalue weighted by atomic mass is 35.5. The van der Waals surface area contributed by atoms with Crippen molar-refractivity contribution in [3.63, 3.8) is 0 Å². The van der Waals surface area contributed by atoms with Gasteiger partial charge in [0.15, 0.2) is 10.9 Å². The first kappa shape index (κ1) is 23.6. The van der Waals surface area contributed by atoms with Crippen LogP contribution in [0.5, 0.6) is 5.75 Å². The van der Waals surface area contributed by atoms with Crippen molar-refractivity contribution in [1.82, 2.24) is 10.3 Å². The van der Waals surface area contributed by atoms with Gasteiger partial charge < -0.3 is 10.1 Å². The van der Waals surface area contributed by atoms with Gasteiger partial charge in [0.25, 0.3) is 5.91 Å². The zero-order chi connectivity index (χ0) is 24.2. The molecule has 0 aliphatic carbocycles. The summed E-state index contributed by atoms with van der Waals surface area (Å²) in [7, 11) is 0. The van der Waals surface area contributed by atoms with E-state index in [-0.39, 0.29) is 28.7 Å². The van der Waals surface area contributed by atoms with E-state index in [1.807, 2.05) is 24.3 Å². The van der Waals surface area contributed by atoms with Crippen LogP contribution in [0.15, 0.2) is 60.7 Å². The fourth-order valence-corrected chi connectivity index (χ4v) is 4.57. The molecule has 2 N–H and O–H groups in total. The third-order valence-electron chi connectivity index (χ3n) is 4.70. The van der Waals surface area contributed by atoms with Crippen LogP contribution in [0.1, 0.15) is 17.3 Å². The molecule has 0 unspecified atom stereocenters. The van der Waals surface area contributed by atoms with E-state index in [1.54, 1.807) is 25.1 Å². The van der Waals surface area contributed by atoms with Crippen LogP contribution in [-0.4, -0.2) is 27.5 Å². The number of aromatic nitrogens is 1. The smallest absolute Gasteiger partial charge is 0.311 e. The van der Waals surface area contributed by atoms with Gasteiger partial charge in [0, 0.05) is 22.2 Å². The van der Waals surface area contributed by atoms with Crippen molar-refractivity contribution in [2.24, 2.45) is 0 Å². The normalized spacial score (nSPS) is 10.6. The number of anilines is 1. The van der Waals surface area contributed by atoms with Crippen LogP contribution in [0.2, 0.25) is 5.02 Å². The molecule has 3 aromatic carbocycles. The van der Waals surface area contributed by atoms with Crippen molar-refractivity contribution in [3.05, 3.63) is 81.4 Å². The molecule has 8 nitrogen and oxygen atoms in total. The summed E-state index contributed by atoms with van der Waals surface area (Å²) in [6, 6.07) is 16.9. The second-order valence-corrected chi connectivity index (χ2v) is 8.83. The van der Waals surface area contributed by atoms with Gasteiger partial charge in [0.05, 0.1) is 27.4 Å². The number of amides is 1. The van der Waals surface area contributed by atoms with Crippen LogP contribution in [0.25, 0.3) is 20.8 Å². The van der Waals surface area contributed by atoms with Gasteiger partial charge in [-0.15, -0.1) is 11.3 Å². The first-order valence-corrected chi connectivity index (χ1v) is 11.6. The predicted molar refractivity (Wildman–Crippen MR) is 138 cm³/mol. The van der Waals surface area contributed by atoms with E-state index in [9.17, 15) is 14.9 Å². The third kappa shape index (κ3) is 5.14. The van der Waals surface area contributed by atoms with Crippen LogP contribution >= 0.6 is 35.2 Å². The number of nitrogens with zero attached hydrogens (tertiary/aromatic N) is 2. The molecule has 34 heavy (non-hydrogen) atoms. The number of benzene rings is 3. The maximum absolute atomic E-state index is 12.7. The monoisotopic (exact) mass is 512 g/mol. The Labute approximate surface area is 208 Å². The molecule has 0 bridgehead atoms. The Morgan fingerprint density at radius 1 is 1.21 bits per heavy atom. The fraction of sp³-hybridized carbons (Fsp3) is 0.0870. The average Bonchev–Trinajstić information content (AvgIpc) is 3.24. The quantitative estimate of drug-likeness (QED) is 0.184. The SMILES string of the molecule is CCOc1ccc(C(=O)NC(=S)Nc2ccc(Cl)cc2-c2nc3ccccc3s2)cc1[N+](=O)[O-]. The Kier molecular flexibility index (Phi) is 7.01. The highest BCUT2D eigenvalue weighted by molar-refractivity contribution is 7.80. The zero-order valence-electron chi connectivity index (χ0n) is 17.7. The van der Waals surface area contributed by atoms with Gasteiger partial charge in [-0.1, -0.05) is 23.7 Å². The number of hydrogen-bond acceptors (Lipinski definition) is 7. The van der Waals surface area contributed by atoms with Crippen LogP contribution in [0.4, 0.5) is 11.4 Å². The minimum absolute atomic E-state index is 0.0196. The van der Waals surface area contributed by atoms with Gasteiger partial charge in [0.1, 0.15) is 5.01 Å². The first-order chi connectivity index (χ1) is 16.4. The molecular formula is C23H17ClN4O4S2. The molecule has 1 amide bonds. The Bertz CT molecular complexity index is 1390. The molecule has 4 rings (SSSR count). The molecule has 0 radical (unpaired) electrons. The second kappa shape index (κ2) is 10.1. The number of nitro groups is 1. The molecule has 1 heterocycles. The molecule has 0 atom stereocenters. The minimum atomic E-state index is -0.601. The number of fused-ring (bicyclic) bond motifs is 1. The number of halogens is 1. The molecule has 11 heteroatoms. The number of thiocarbonyl (C=S) groups is 1. The number of nitrogens with one attached hydrogen (secondary N) is 2. The summed E-state index contributed by atoms with van der Waals surface area (Å²) in [6.45, 7) is 1.98. The van der Waals surface area contributed by atoms with Crippen molar-refractivity contribution in [3.8, 4) is 16.3 Å². The maximum Gasteiger partial charge on any atom is 0.311 e. The van der Waals surface area contributed by atoms with Crippen molar-refractivity contribution >= 4 is 67.8 Å². The summed E-state index contributed by atoms with van der Waals surface area (Å²) < 4.78 is 6.28. The standard InChI is InChI=1S/C23H17ClN4O4S2/c1-2-32-19-10-7-13(11-18(19)28(30)31)21(29)27-23(33)26-16-9-8-14(24)12-15(16)22-25-17-5-3-4-6-20(17)34-22/h3-12H,2H2,1H3,(H2,26,27,29,33). The molecule has 0 aliphatic heterocycles. The summed E-state index contributed by atoms with van der Waals surface area (Å²) in [5.74, 6) is -0.509. The molecule has 0 aliphatic rings. The third-order valence-corrected chi connectivity index (χ3v) is 6.21. The summed E-state index contributed by atoms with van der Waals surface area (Å²) in [6.07, 6.45) is 0. The van der Waals surface area contributed by atoms with E-state index in [0.29, 0.717) is 10.7 Å². The number of ether oxygens (including phenoxy) is 1. The summed E-state index contributed by atoms with van der Waals surface area (Å²) in [4.78, 5) is 28.1. The number of para-hydroxylation sites is 1. The predicted octanol–water partition coefficient (Wildman–Crippen LogP) is 6.05. The molecule has 4 aromatic rings. The molecule has 0 saturated carbocycles. The second-order valence-electron chi connectivity index (χ2n) is 6.96. The van der Waals surface area contributed by atoms with Crippen molar-refractivity contribution in [2.45, 2.75) is 6.92 Å². The summed E-state index contributed by atoms with van der Waals surface area (Å²) >= 11 is 13.0. The summed E-state index contributed by atoms with van der Waals surface area (Å²) in [5.41, 5.74) is 1.96. The number of thiazole rings is 1. The molecule has 1 aromatic heterocycles. The van der Waals surface area contributed by atoms with Gasteiger partial charge in [-0.05, 0) is 61.6 Å². The van der Waals surface area contributed by atoms with E-state index < -0.39 is 10.8 Å². The van der Waals surface area contributed by atoms with Crippen molar-refractivity contribution < 1.29 is 14.5 Å². The molecule has 0 fully saturated rings. The van der Waals surface area contributed by atoms with Gasteiger partial charge in [-0.3, -0.25) is 20.2 Å². The molecule has 0 saturated heterocycles. The topological polar surface area (TPSA) is 106 Å². The van der Waals surface area contributed by atoms with Crippen molar-refractivity contribution in [1.29, 1.82) is 0 Å². The van der Waals surface area contributed by atoms with Crippen LogP contribution in [0, 0.1) is 10.1 Å². The maximum atomic E-state index is 12.7. The average molecular weight is 513 g/mol. The van der Waals surface area contributed by atoms with Gasteiger partial charge >= 0.3 is 5.69 Å². The minimum Gasteiger partial charge on any atom is -0.487 e. The Balaban J connectivity index is 1.55. The van der Waals surface area contributed by atoms with Gasteiger partial charge in [0.2, 0.25) is 0 Å². The highest BCUT2D eigenvalue weighted by Gasteiger charge is 2.20. The van der Waals surface area contributed by atoms with Gasteiger partial charge in [-0.25, -0.2) is 4.98 Å². The Hall–Kier alpha value is -3.60. The highest BCUT2D eigenvalue weighted by Crippen LogP contribution is 2.36. The lowest BCUT2D eigenvalue weighted by molar-refractivity contribution is -0.385. The van der Waals surface area contributed by atoms with E-state index in [4.69, 9.17) is 28.6 Å². The lowest BCUT2D eigenvalue weighted by Crippen LogP contribution is -2.34. The first-order valence-electron chi connectivity index (χ1n) is 10.0. The lowest BCUT2D eigenvalue weighted by Gasteiger charge is -2.13. The van der Waals surface area contributed by atoms with E-state index in [0.717, 1.165) is 26.9 Å². The van der Waals surface area contributed by atoms with Crippen LogP contribution < -0.4 is 15.4 Å². The number of hydrogen-bond donors (Lipinski definition) is 2. The van der Waals surface area contributed by atoms with E-state index >= 15 is 0 Å². The van der Waals surface area contributed by atoms with Gasteiger partial charge in [-0.2, -0.15) is 0 Å². The van der Waals surface area contributed by atoms with Crippen LogP contribution in [0.3, 0.4) is 0 Å². The summed E-state index contributed by atoms with van der Waals surface area (Å²) in [5, 5.41) is 18.2. The number of nitro benzene ring substituents is 1. The zero-order valence-corrected chi connectivity index (χ0v) is 20.1. The lowest BCUT2D eigenvalue weighted by atomic mass is 10.1. The van der Waals surface area contributed by atoms with E-state index in [2.05, 4.69) is 15.6 Å². The fourth-order valence-electron chi connectivity index (χ4n) is 3.20. The number of rotatable bonds is 6. The number of carbonyl (C=O) groups excluding carboxylic acids is 1. The molecular weight excluding hydrogens is 496 g/mol. The Morgan fingerprint density at radius 2 is 2.00 bits per heavy atom. The van der Waals surface area contributed by atoms with Crippen molar-refractivity contribution in [2.75, 3.05) is 11.9 Å². The Morgan fingerprint density at radius 3 is 2.74 bits per heavy atom.